The predicted molar refractivity (Wildman–Crippen MR) is 103 cm³/mol. The van der Waals surface area contributed by atoms with Gasteiger partial charge in [0.15, 0.2) is 17.6 Å². The number of para-hydroxylation sites is 1. The molecular formula is C19H18Cl2N2O4. The average Bonchev–Trinajstić information content (AvgIpc) is 2.68. The maximum absolute atomic E-state index is 12.5. The third kappa shape index (κ3) is 4.76. The van der Waals surface area contributed by atoms with Crippen LogP contribution in [0.3, 0.4) is 0 Å². The van der Waals surface area contributed by atoms with E-state index in [0.29, 0.717) is 22.1 Å². The number of carbonyl (C=O) groups excluding carboxylic acids is 1. The van der Waals surface area contributed by atoms with Gasteiger partial charge in [-0.05, 0) is 25.1 Å². The highest BCUT2D eigenvalue weighted by atomic mass is 35.5. The van der Waals surface area contributed by atoms with Gasteiger partial charge in [-0.2, -0.15) is 5.26 Å². The van der Waals surface area contributed by atoms with Gasteiger partial charge in [0.2, 0.25) is 0 Å². The van der Waals surface area contributed by atoms with Crippen molar-refractivity contribution in [2.45, 2.75) is 19.1 Å². The molecular weight excluding hydrogens is 391 g/mol. The van der Waals surface area contributed by atoms with Crippen molar-refractivity contribution in [3.8, 4) is 23.3 Å². The number of hydrogen-bond donors (Lipinski definition) is 1. The topological polar surface area (TPSA) is 80.6 Å². The van der Waals surface area contributed by atoms with E-state index < -0.39 is 18.1 Å². The van der Waals surface area contributed by atoms with Crippen molar-refractivity contribution < 1.29 is 19.0 Å². The molecule has 2 unspecified atom stereocenters. The fourth-order valence-electron chi connectivity index (χ4n) is 2.40. The van der Waals surface area contributed by atoms with Crippen molar-refractivity contribution in [2.75, 3.05) is 14.2 Å². The zero-order valence-electron chi connectivity index (χ0n) is 15.0. The zero-order valence-corrected chi connectivity index (χ0v) is 16.5. The minimum absolute atomic E-state index is 0.213. The Bertz CT molecular complexity index is 867. The zero-order chi connectivity index (χ0) is 20.0. The lowest BCUT2D eigenvalue weighted by molar-refractivity contribution is -0.127. The van der Waals surface area contributed by atoms with Crippen LogP contribution in [0.2, 0.25) is 10.0 Å². The molecule has 0 aromatic heterocycles. The second kappa shape index (κ2) is 9.36. The van der Waals surface area contributed by atoms with E-state index in [4.69, 9.17) is 37.4 Å². The summed E-state index contributed by atoms with van der Waals surface area (Å²) in [6, 6.07) is 11.0. The highest BCUT2D eigenvalue weighted by Gasteiger charge is 2.24. The number of amides is 1. The lowest BCUT2D eigenvalue weighted by Crippen LogP contribution is -2.38. The van der Waals surface area contributed by atoms with E-state index in [1.165, 1.54) is 14.2 Å². The fourth-order valence-corrected chi connectivity index (χ4v) is 2.73. The van der Waals surface area contributed by atoms with Crippen LogP contribution in [0.1, 0.15) is 18.5 Å². The molecule has 1 amide bonds. The van der Waals surface area contributed by atoms with Gasteiger partial charge in [-0.3, -0.25) is 4.79 Å². The first-order chi connectivity index (χ1) is 12.9. The van der Waals surface area contributed by atoms with Crippen molar-refractivity contribution in [3.63, 3.8) is 0 Å². The molecule has 0 saturated heterocycles. The molecule has 8 heteroatoms. The lowest BCUT2D eigenvalue weighted by Gasteiger charge is -2.20. The summed E-state index contributed by atoms with van der Waals surface area (Å²) in [4.78, 5) is 12.5. The Morgan fingerprint density at radius 3 is 2.41 bits per heavy atom. The van der Waals surface area contributed by atoms with Crippen LogP contribution in [-0.4, -0.2) is 26.2 Å². The number of rotatable bonds is 7. The smallest absolute Gasteiger partial charge is 0.262 e. The average molecular weight is 409 g/mol. The largest absolute Gasteiger partial charge is 0.493 e. The van der Waals surface area contributed by atoms with Gasteiger partial charge in [0.1, 0.15) is 16.8 Å². The number of halogens is 2. The molecule has 0 fully saturated rings. The van der Waals surface area contributed by atoms with Gasteiger partial charge in [-0.25, -0.2) is 0 Å². The summed E-state index contributed by atoms with van der Waals surface area (Å²) in [5.74, 6) is 0.611. The highest BCUT2D eigenvalue weighted by molar-refractivity contribution is 6.42. The molecule has 2 aromatic rings. The van der Waals surface area contributed by atoms with Gasteiger partial charge in [0.25, 0.3) is 5.91 Å². The monoisotopic (exact) mass is 408 g/mol. The van der Waals surface area contributed by atoms with E-state index in [1.807, 2.05) is 6.07 Å². The van der Waals surface area contributed by atoms with Crippen LogP contribution in [0.25, 0.3) is 0 Å². The van der Waals surface area contributed by atoms with Gasteiger partial charge in [-0.15, -0.1) is 0 Å². The van der Waals surface area contributed by atoms with Crippen molar-refractivity contribution in [2.24, 2.45) is 0 Å². The van der Waals surface area contributed by atoms with Crippen molar-refractivity contribution in [3.05, 3.63) is 52.0 Å². The predicted octanol–water partition coefficient (Wildman–Crippen LogP) is 4.16. The molecule has 1 N–H and O–H groups in total. The third-order valence-corrected chi connectivity index (χ3v) is 4.55. The lowest BCUT2D eigenvalue weighted by atomic mass is 10.1. The molecule has 0 bridgehead atoms. The Kier molecular flexibility index (Phi) is 7.17. The second-order valence-electron chi connectivity index (χ2n) is 5.47. The van der Waals surface area contributed by atoms with Crippen LogP contribution in [0, 0.1) is 11.3 Å². The summed E-state index contributed by atoms with van der Waals surface area (Å²) in [5, 5.41) is 12.7. The van der Waals surface area contributed by atoms with Crippen LogP contribution in [0.5, 0.6) is 17.2 Å². The molecule has 0 heterocycles. The minimum atomic E-state index is -0.955. The normalized spacial score (nSPS) is 12.4. The van der Waals surface area contributed by atoms with E-state index in [-0.39, 0.29) is 10.8 Å². The SMILES string of the molecule is COc1cccc(C(C#N)NC(=O)C(C)Oc2cccc(Cl)c2Cl)c1OC. The highest BCUT2D eigenvalue weighted by Crippen LogP contribution is 2.35. The van der Waals surface area contributed by atoms with E-state index in [1.54, 1.807) is 43.3 Å². The fraction of sp³-hybridized carbons (Fsp3) is 0.263. The molecule has 0 aliphatic rings. The van der Waals surface area contributed by atoms with Crippen molar-refractivity contribution in [1.82, 2.24) is 5.32 Å². The quantitative estimate of drug-likeness (QED) is 0.743. The summed E-state index contributed by atoms with van der Waals surface area (Å²) in [6.45, 7) is 1.55. The van der Waals surface area contributed by atoms with Gasteiger partial charge >= 0.3 is 0 Å². The summed E-state index contributed by atoms with van der Waals surface area (Å²) in [6.07, 6.45) is -0.909. The molecule has 0 spiro atoms. The Balaban J connectivity index is 2.18. The number of nitrogens with one attached hydrogen (secondary N) is 1. The Labute approximate surface area is 167 Å². The van der Waals surface area contributed by atoms with Gasteiger partial charge in [-0.1, -0.05) is 41.4 Å². The summed E-state index contributed by atoms with van der Waals surface area (Å²) < 4.78 is 16.1. The standard InChI is InChI=1S/C19H18Cl2N2O4/c1-11(27-15-8-5-7-13(20)17(15)21)19(24)23-14(10-22)12-6-4-9-16(25-2)18(12)26-3/h4-9,11,14H,1-3H3,(H,23,24). The van der Waals surface area contributed by atoms with Crippen LogP contribution in [-0.2, 0) is 4.79 Å². The number of ether oxygens (including phenoxy) is 3. The van der Waals surface area contributed by atoms with Crippen molar-refractivity contribution in [1.29, 1.82) is 5.26 Å². The number of nitrogens with zero attached hydrogens (tertiary/aromatic N) is 1. The molecule has 6 nitrogen and oxygen atoms in total. The molecule has 0 aliphatic carbocycles. The first-order valence-electron chi connectivity index (χ1n) is 7.94. The van der Waals surface area contributed by atoms with Crippen LogP contribution in [0.15, 0.2) is 36.4 Å². The molecule has 2 aromatic carbocycles. The van der Waals surface area contributed by atoms with Gasteiger partial charge in [0.05, 0.1) is 25.3 Å². The second-order valence-corrected chi connectivity index (χ2v) is 6.25. The number of benzene rings is 2. The Hall–Kier alpha value is -2.62. The van der Waals surface area contributed by atoms with E-state index in [2.05, 4.69) is 5.32 Å². The van der Waals surface area contributed by atoms with Crippen LogP contribution >= 0.6 is 23.2 Å². The molecule has 2 atom stereocenters. The molecule has 27 heavy (non-hydrogen) atoms. The summed E-state index contributed by atoms with van der Waals surface area (Å²) in [7, 11) is 2.96. The summed E-state index contributed by atoms with van der Waals surface area (Å²) in [5.41, 5.74) is 0.473. The maximum Gasteiger partial charge on any atom is 0.262 e. The third-order valence-electron chi connectivity index (χ3n) is 3.75. The number of hydrogen-bond acceptors (Lipinski definition) is 5. The molecule has 0 radical (unpaired) electrons. The number of methoxy groups -OCH3 is 2. The van der Waals surface area contributed by atoms with E-state index in [9.17, 15) is 10.1 Å². The first kappa shape index (κ1) is 20.7. The van der Waals surface area contributed by atoms with E-state index >= 15 is 0 Å². The molecule has 2 rings (SSSR count). The van der Waals surface area contributed by atoms with Gasteiger partial charge in [0, 0.05) is 5.56 Å². The maximum atomic E-state index is 12.5. The first-order valence-corrected chi connectivity index (χ1v) is 8.70. The summed E-state index contributed by atoms with van der Waals surface area (Å²) >= 11 is 12.0. The number of carbonyl (C=O) groups is 1. The van der Waals surface area contributed by atoms with Crippen LogP contribution < -0.4 is 19.5 Å². The van der Waals surface area contributed by atoms with E-state index in [0.717, 1.165) is 0 Å². The Morgan fingerprint density at radius 2 is 1.78 bits per heavy atom. The molecule has 142 valence electrons. The van der Waals surface area contributed by atoms with Crippen molar-refractivity contribution >= 4 is 29.1 Å². The van der Waals surface area contributed by atoms with Gasteiger partial charge < -0.3 is 19.5 Å². The number of nitriles is 1. The minimum Gasteiger partial charge on any atom is -0.493 e. The Morgan fingerprint density at radius 1 is 1.11 bits per heavy atom. The van der Waals surface area contributed by atoms with Crippen LogP contribution in [0.4, 0.5) is 0 Å². The molecule has 0 aliphatic heterocycles. The molecule has 0 saturated carbocycles.